The van der Waals surface area contributed by atoms with Gasteiger partial charge in [0.1, 0.15) is 0 Å². The summed E-state index contributed by atoms with van der Waals surface area (Å²) in [5.74, 6) is 0.0240. The van der Waals surface area contributed by atoms with Gasteiger partial charge in [0.15, 0.2) is 0 Å². The standard InChI is InChI=1S/C11H17NO2S/c1-7(6-13)9(3)12-11(14)10-5-4-8(2)15-10/h4-5,7,9,13H,6H2,1-3H3,(H,12,14). The highest BCUT2D eigenvalue weighted by atomic mass is 32.1. The smallest absolute Gasteiger partial charge is 0.261 e. The molecule has 1 aromatic rings. The summed E-state index contributed by atoms with van der Waals surface area (Å²) in [6.07, 6.45) is 0. The third-order valence-corrected chi connectivity index (χ3v) is 3.46. The van der Waals surface area contributed by atoms with Crippen molar-refractivity contribution in [3.63, 3.8) is 0 Å². The molecule has 2 atom stereocenters. The maximum absolute atomic E-state index is 11.7. The lowest BCUT2D eigenvalue weighted by Crippen LogP contribution is -2.37. The van der Waals surface area contributed by atoms with Crippen LogP contribution in [0.1, 0.15) is 28.4 Å². The highest BCUT2D eigenvalue weighted by Gasteiger charge is 2.15. The summed E-state index contributed by atoms with van der Waals surface area (Å²) in [5, 5.41) is 11.8. The van der Waals surface area contributed by atoms with E-state index in [0.29, 0.717) is 0 Å². The summed E-state index contributed by atoms with van der Waals surface area (Å²) in [6.45, 7) is 5.87. The average Bonchev–Trinajstić information content (AvgIpc) is 2.63. The Labute approximate surface area is 94.1 Å². The Balaban J connectivity index is 2.56. The van der Waals surface area contributed by atoms with Crippen LogP contribution in [0.3, 0.4) is 0 Å². The van der Waals surface area contributed by atoms with Crippen molar-refractivity contribution in [3.05, 3.63) is 21.9 Å². The minimum absolute atomic E-state index is 0.00935. The van der Waals surface area contributed by atoms with Crippen molar-refractivity contribution in [2.24, 2.45) is 5.92 Å². The third-order valence-electron chi connectivity index (χ3n) is 2.46. The number of aliphatic hydroxyl groups is 1. The van der Waals surface area contributed by atoms with Gasteiger partial charge in [-0.2, -0.15) is 0 Å². The van der Waals surface area contributed by atoms with E-state index in [0.717, 1.165) is 9.75 Å². The van der Waals surface area contributed by atoms with E-state index < -0.39 is 0 Å². The minimum Gasteiger partial charge on any atom is -0.396 e. The summed E-state index contributed by atoms with van der Waals surface area (Å²) in [4.78, 5) is 13.6. The molecule has 1 amide bonds. The van der Waals surface area contributed by atoms with E-state index in [-0.39, 0.29) is 24.5 Å². The number of hydrogen-bond donors (Lipinski definition) is 2. The summed E-state index contributed by atoms with van der Waals surface area (Å²) in [6, 6.07) is 3.75. The highest BCUT2D eigenvalue weighted by molar-refractivity contribution is 7.13. The van der Waals surface area contributed by atoms with Crippen LogP contribution in [-0.2, 0) is 0 Å². The fourth-order valence-electron chi connectivity index (χ4n) is 1.13. The molecule has 0 aliphatic rings. The number of nitrogens with one attached hydrogen (secondary N) is 1. The van der Waals surface area contributed by atoms with Crippen molar-refractivity contribution in [1.82, 2.24) is 5.32 Å². The molecule has 1 aromatic heterocycles. The van der Waals surface area contributed by atoms with Crippen LogP contribution < -0.4 is 5.32 Å². The van der Waals surface area contributed by atoms with Gasteiger partial charge < -0.3 is 10.4 Å². The Bertz CT molecular complexity index is 335. The van der Waals surface area contributed by atoms with Crippen molar-refractivity contribution < 1.29 is 9.90 Å². The van der Waals surface area contributed by atoms with Gasteiger partial charge in [-0.1, -0.05) is 6.92 Å². The molecule has 15 heavy (non-hydrogen) atoms. The van der Waals surface area contributed by atoms with Crippen molar-refractivity contribution in [2.45, 2.75) is 26.8 Å². The lowest BCUT2D eigenvalue weighted by molar-refractivity contribution is 0.0920. The maximum Gasteiger partial charge on any atom is 0.261 e. The molecule has 0 saturated heterocycles. The predicted octanol–water partition coefficient (Wildman–Crippen LogP) is 1.80. The molecule has 3 nitrogen and oxygen atoms in total. The van der Waals surface area contributed by atoms with Crippen molar-refractivity contribution >= 4 is 17.2 Å². The van der Waals surface area contributed by atoms with E-state index in [1.807, 2.05) is 32.9 Å². The largest absolute Gasteiger partial charge is 0.396 e. The first kappa shape index (κ1) is 12.2. The van der Waals surface area contributed by atoms with Crippen LogP contribution in [0, 0.1) is 12.8 Å². The topological polar surface area (TPSA) is 49.3 Å². The molecular weight excluding hydrogens is 210 g/mol. The second-order valence-corrected chi connectivity index (χ2v) is 5.12. The van der Waals surface area contributed by atoms with Gasteiger partial charge in [-0.05, 0) is 31.9 Å². The Morgan fingerprint density at radius 2 is 2.20 bits per heavy atom. The Kier molecular flexibility index (Phi) is 4.29. The maximum atomic E-state index is 11.7. The van der Waals surface area contributed by atoms with E-state index in [1.54, 1.807) is 0 Å². The molecule has 0 aliphatic heterocycles. The van der Waals surface area contributed by atoms with E-state index >= 15 is 0 Å². The third kappa shape index (κ3) is 3.32. The molecule has 1 rings (SSSR count). The first-order valence-electron chi connectivity index (χ1n) is 5.02. The summed E-state index contributed by atoms with van der Waals surface area (Å²) >= 11 is 1.48. The number of carbonyl (C=O) groups is 1. The van der Waals surface area contributed by atoms with E-state index in [2.05, 4.69) is 5.32 Å². The summed E-state index contributed by atoms with van der Waals surface area (Å²) in [5.41, 5.74) is 0. The van der Waals surface area contributed by atoms with Gasteiger partial charge in [0.05, 0.1) is 4.88 Å². The van der Waals surface area contributed by atoms with Gasteiger partial charge in [-0.3, -0.25) is 4.79 Å². The molecular formula is C11H17NO2S. The van der Waals surface area contributed by atoms with Crippen LogP contribution in [0.15, 0.2) is 12.1 Å². The van der Waals surface area contributed by atoms with Crippen molar-refractivity contribution in [2.75, 3.05) is 6.61 Å². The lowest BCUT2D eigenvalue weighted by atomic mass is 10.1. The fraction of sp³-hybridized carbons (Fsp3) is 0.545. The molecule has 0 spiro atoms. The summed E-state index contributed by atoms with van der Waals surface area (Å²) in [7, 11) is 0. The fourth-order valence-corrected chi connectivity index (χ4v) is 1.91. The molecule has 2 N–H and O–H groups in total. The van der Waals surface area contributed by atoms with Crippen LogP contribution in [-0.4, -0.2) is 23.7 Å². The monoisotopic (exact) mass is 227 g/mol. The van der Waals surface area contributed by atoms with Gasteiger partial charge in [0.2, 0.25) is 0 Å². The first-order valence-corrected chi connectivity index (χ1v) is 5.84. The zero-order chi connectivity index (χ0) is 11.4. The molecule has 2 unspecified atom stereocenters. The zero-order valence-corrected chi connectivity index (χ0v) is 10.1. The van der Waals surface area contributed by atoms with Crippen LogP contribution in [0.25, 0.3) is 0 Å². The molecule has 0 aromatic carbocycles. The minimum atomic E-state index is -0.0547. The SMILES string of the molecule is Cc1ccc(C(=O)NC(C)C(C)CO)s1. The second-order valence-electron chi connectivity index (χ2n) is 3.83. The molecule has 0 saturated carbocycles. The van der Waals surface area contributed by atoms with Gasteiger partial charge in [0, 0.05) is 17.5 Å². The van der Waals surface area contributed by atoms with Gasteiger partial charge in [-0.15, -0.1) is 11.3 Å². The summed E-state index contributed by atoms with van der Waals surface area (Å²) < 4.78 is 0. The molecule has 0 aliphatic carbocycles. The van der Waals surface area contributed by atoms with Gasteiger partial charge in [0.25, 0.3) is 5.91 Å². The number of hydrogen-bond acceptors (Lipinski definition) is 3. The van der Waals surface area contributed by atoms with Crippen LogP contribution in [0.5, 0.6) is 0 Å². The Hall–Kier alpha value is -0.870. The number of carbonyl (C=O) groups excluding carboxylic acids is 1. The number of aryl methyl sites for hydroxylation is 1. The number of thiophene rings is 1. The second kappa shape index (κ2) is 5.28. The number of aliphatic hydroxyl groups excluding tert-OH is 1. The Morgan fingerprint density at radius 3 is 2.67 bits per heavy atom. The lowest BCUT2D eigenvalue weighted by Gasteiger charge is -2.18. The molecule has 0 bridgehead atoms. The number of amides is 1. The van der Waals surface area contributed by atoms with Crippen LogP contribution in [0.2, 0.25) is 0 Å². The van der Waals surface area contributed by atoms with Gasteiger partial charge >= 0.3 is 0 Å². The normalized spacial score (nSPS) is 14.7. The molecule has 0 fully saturated rings. The van der Waals surface area contributed by atoms with Crippen LogP contribution >= 0.6 is 11.3 Å². The quantitative estimate of drug-likeness (QED) is 0.824. The highest BCUT2D eigenvalue weighted by Crippen LogP contribution is 2.15. The van der Waals surface area contributed by atoms with E-state index in [1.165, 1.54) is 11.3 Å². The van der Waals surface area contributed by atoms with E-state index in [9.17, 15) is 4.79 Å². The molecule has 0 radical (unpaired) electrons. The Morgan fingerprint density at radius 1 is 1.53 bits per heavy atom. The van der Waals surface area contributed by atoms with Crippen molar-refractivity contribution in [3.8, 4) is 0 Å². The average molecular weight is 227 g/mol. The van der Waals surface area contributed by atoms with Gasteiger partial charge in [-0.25, -0.2) is 0 Å². The van der Waals surface area contributed by atoms with Crippen LogP contribution in [0.4, 0.5) is 0 Å². The first-order chi connectivity index (χ1) is 7.04. The zero-order valence-electron chi connectivity index (χ0n) is 9.28. The predicted molar refractivity (Wildman–Crippen MR) is 62.2 cm³/mol. The number of rotatable bonds is 4. The molecule has 84 valence electrons. The molecule has 1 heterocycles. The van der Waals surface area contributed by atoms with Crippen molar-refractivity contribution in [1.29, 1.82) is 0 Å². The van der Waals surface area contributed by atoms with E-state index in [4.69, 9.17) is 5.11 Å². The molecule has 4 heteroatoms.